The van der Waals surface area contributed by atoms with Crippen molar-refractivity contribution >= 4 is 29.9 Å². The highest BCUT2D eigenvalue weighted by molar-refractivity contribution is 14.0. The lowest BCUT2D eigenvalue weighted by Crippen LogP contribution is -2.42. The van der Waals surface area contributed by atoms with Gasteiger partial charge in [0.15, 0.2) is 5.96 Å². The minimum Gasteiger partial charge on any atom is -0.490 e. The molecule has 1 fully saturated rings. The van der Waals surface area contributed by atoms with Crippen LogP contribution in [0.2, 0.25) is 0 Å². The fraction of sp³-hybridized carbons (Fsp3) is 0.550. The Labute approximate surface area is 168 Å². The summed E-state index contributed by atoms with van der Waals surface area (Å²) >= 11 is 0. The SMILES string of the molecule is CCNC(=NCc1ccccc1OC1CCCC1)NC1CC=CC1.I. The summed E-state index contributed by atoms with van der Waals surface area (Å²) in [5.74, 6) is 1.88. The number of guanidine groups is 1. The summed E-state index contributed by atoms with van der Waals surface area (Å²) in [5.41, 5.74) is 1.16. The average Bonchev–Trinajstić information content (AvgIpc) is 3.28. The Bertz CT molecular complexity index is 574. The number of hydrogen-bond donors (Lipinski definition) is 2. The van der Waals surface area contributed by atoms with Crippen LogP contribution in [0.15, 0.2) is 41.4 Å². The Hall–Kier alpha value is -1.24. The molecule has 138 valence electrons. The molecule has 4 nitrogen and oxygen atoms in total. The summed E-state index contributed by atoms with van der Waals surface area (Å²) in [6, 6.07) is 8.77. The predicted octanol–water partition coefficient (Wildman–Crippen LogP) is 4.40. The molecule has 0 unspecified atom stereocenters. The Morgan fingerprint density at radius 2 is 1.88 bits per heavy atom. The van der Waals surface area contributed by atoms with Gasteiger partial charge >= 0.3 is 0 Å². The number of benzene rings is 1. The number of rotatable bonds is 6. The molecule has 2 aliphatic rings. The van der Waals surface area contributed by atoms with Crippen molar-refractivity contribution in [1.82, 2.24) is 10.6 Å². The van der Waals surface area contributed by atoms with Crippen molar-refractivity contribution in [2.75, 3.05) is 6.54 Å². The zero-order chi connectivity index (χ0) is 16.6. The molecule has 0 heterocycles. The van der Waals surface area contributed by atoms with Gasteiger partial charge in [-0.25, -0.2) is 4.99 Å². The van der Waals surface area contributed by atoms with Gasteiger partial charge in [0.25, 0.3) is 0 Å². The molecule has 0 amide bonds. The molecule has 0 aliphatic heterocycles. The standard InChI is InChI=1S/C20H29N3O.HI/c1-2-21-20(23-17-10-4-5-11-17)22-15-16-9-3-8-14-19(16)24-18-12-6-7-13-18;/h3-5,8-9,14,17-18H,2,6-7,10-13,15H2,1H3,(H2,21,22,23);1H. The van der Waals surface area contributed by atoms with E-state index in [9.17, 15) is 0 Å². The van der Waals surface area contributed by atoms with Crippen LogP contribution in [0.25, 0.3) is 0 Å². The van der Waals surface area contributed by atoms with Crippen LogP contribution >= 0.6 is 24.0 Å². The van der Waals surface area contributed by atoms with E-state index in [1.807, 2.05) is 6.07 Å². The van der Waals surface area contributed by atoms with Crippen molar-refractivity contribution < 1.29 is 4.74 Å². The number of hydrogen-bond acceptors (Lipinski definition) is 2. The maximum absolute atomic E-state index is 6.21. The second kappa shape index (κ2) is 10.7. The van der Waals surface area contributed by atoms with Crippen molar-refractivity contribution in [2.45, 2.75) is 64.1 Å². The first kappa shape index (κ1) is 20.1. The Morgan fingerprint density at radius 3 is 2.60 bits per heavy atom. The molecule has 1 aromatic carbocycles. The molecule has 25 heavy (non-hydrogen) atoms. The van der Waals surface area contributed by atoms with E-state index >= 15 is 0 Å². The second-order valence-electron chi connectivity index (χ2n) is 6.61. The topological polar surface area (TPSA) is 45.7 Å². The average molecular weight is 455 g/mol. The fourth-order valence-electron chi connectivity index (χ4n) is 3.35. The van der Waals surface area contributed by atoms with Gasteiger partial charge in [-0.1, -0.05) is 30.4 Å². The summed E-state index contributed by atoms with van der Waals surface area (Å²) in [7, 11) is 0. The van der Waals surface area contributed by atoms with E-state index in [0.29, 0.717) is 18.7 Å². The number of aliphatic imine (C=N–C) groups is 1. The summed E-state index contributed by atoms with van der Waals surface area (Å²) in [5, 5.41) is 6.86. The van der Waals surface area contributed by atoms with Crippen LogP contribution in [0, 0.1) is 0 Å². The molecular weight excluding hydrogens is 425 g/mol. The minimum absolute atomic E-state index is 0. The van der Waals surface area contributed by atoms with Crippen LogP contribution in [0.3, 0.4) is 0 Å². The minimum atomic E-state index is 0. The summed E-state index contributed by atoms with van der Waals surface area (Å²) in [6.07, 6.45) is 11.9. The lowest BCUT2D eigenvalue weighted by molar-refractivity contribution is 0.208. The summed E-state index contributed by atoms with van der Waals surface area (Å²) in [6.45, 7) is 3.60. The molecule has 1 saturated carbocycles. The zero-order valence-corrected chi connectivity index (χ0v) is 17.4. The second-order valence-corrected chi connectivity index (χ2v) is 6.61. The number of nitrogens with one attached hydrogen (secondary N) is 2. The van der Waals surface area contributed by atoms with E-state index in [2.05, 4.69) is 47.9 Å². The van der Waals surface area contributed by atoms with Crippen LogP contribution in [0.4, 0.5) is 0 Å². The Morgan fingerprint density at radius 1 is 1.16 bits per heavy atom. The number of para-hydroxylation sites is 1. The lowest BCUT2D eigenvalue weighted by atomic mass is 10.2. The van der Waals surface area contributed by atoms with Crippen molar-refractivity contribution in [3.8, 4) is 5.75 Å². The monoisotopic (exact) mass is 455 g/mol. The van der Waals surface area contributed by atoms with Crippen LogP contribution in [0.1, 0.15) is 51.0 Å². The Kier molecular flexibility index (Phi) is 8.58. The van der Waals surface area contributed by atoms with Crippen LogP contribution in [-0.4, -0.2) is 24.7 Å². The molecule has 0 aromatic heterocycles. The maximum atomic E-state index is 6.21. The molecular formula is C20H30IN3O. The molecule has 0 spiro atoms. The van der Waals surface area contributed by atoms with E-state index in [1.165, 1.54) is 25.7 Å². The number of halogens is 1. The van der Waals surface area contributed by atoms with Gasteiger partial charge in [-0.3, -0.25) is 0 Å². The third-order valence-corrected chi connectivity index (χ3v) is 4.67. The summed E-state index contributed by atoms with van der Waals surface area (Å²) in [4.78, 5) is 4.77. The van der Waals surface area contributed by atoms with E-state index in [4.69, 9.17) is 9.73 Å². The van der Waals surface area contributed by atoms with Crippen molar-refractivity contribution in [3.05, 3.63) is 42.0 Å². The van der Waals surface area contributed by atoms with Gasteiger partial charge in [0.05, 0.1) is 12.6 Å². The zero-order valence-electron chi connectivity index (χ0n) is 15.0. The van der Waals surface area contributed by atoms with Gasteiger partial charge < -0.3 is 15.4 Å². The predicted molar refractivity (Wildman–Crippen MR) is 115 cm³/mol. The van der Waals surface area contributed by atoms with E-state index in [-0.39, 0.29) is 24.0 Å². The number of ether oxygens (including phenoxy) is 1. The van der Waals surface area contributed by atoms with Gasteiger partial charge in [-0.05, 0) is 51.5 Å². The van der Waals surface area contributed by atoms with Gasteiger partial charge in [0, 0.05) is 18.2 Å². The molecule has 2 N–H and O–H groups in total. The van der Waals surface area contributed by atoms with Gasteiger partial charge in [0.2, 0.25) is 0 Å². The van der Waals surface area contributed by atoms with Crippen molar-refractivity contribution in [1.29, 1.82) is 0 Å². The third kappa shape index (κ3) is 6.20. The molecule has 3 rings (SSSR count). The lowest BCUT2D eigenvalue weighted by Gasteiger charge is -2.18. The van der Waals surface area contributed by atoms with Crippen molar-refractivity contribution in [2.24, 2.45) is 4.99 Å². The first-order valence-corrected chi connectivity index (χ1v) is 9.29. The highest BCUT2D eigenvalue weighted by Gasteiger charge is 2.18. The van der Waals surface area contributed by atoms with Crippen LogP contribution in [0.5, 0.6) is 5.75 Å². The highest BCUT2D eigenvalue weighted by Crippen LogP contribution is 2.27. The summed E-state index contributed by atoms with van der Waals surface area (Å²) < 4.78 is 6.21. The molecule has 0 bridgehead atoms. The highest BCUT2D eigenvalue weighted by atomic mass is 127. The quantitative estimate of drug-likeness (QED) is 0.289. The van der Waals surface area contributed by atoms with Crippen LogP contribution < -0.4 is 15.4 Å². The smallest absolute Gasteiger partial charge is 0.191 e. The first-order valence-electron chi connectivity index (χ1n) is 9.29. The van der Waals surface area contributed by atoms with Crippen molar-refractivity contribution in [3.63, 3.8) is 0 Å². The van der Waals surface area contributed by atoms with Gasteiger partial charge in [-0.15, -0.1) is 24.0 Å². The largest absolute Gasteiger partial charge is 0.490 e. The Balaban J connectivity index is 0.00000225. The molecule has 5 heteroatoms. The van der Waals surface area contributed by atoms with Crippen LogP contribution in [-0.2, 0) is 6.54 Å². The maximum Gasteiger partial charge on any atom is 0.191 e. The normalized spacial score (nSPS) is 18.2. The van der Waals surface area contributed by atoms with Gasteiger partial charge in [0.1, 0.15) is 5.75 Å². The van der Waals surface area contributed by atoms with E-state index in [0.717, 1.165) is 36.7 Å². The number of nitrogens with zero attached hydrogens (tertiary/aromatic N) is 1. The van der Waals surface area contributed by atoms with Gasteiger partial charge in [-0.2, -0.15) is 0 Å². The van der Waals surface area contributed by atoms with E-state index in [1.54, 1.807) is 0 Å². The first-order chi connectivity index (χ1) is 11.8. The molecule has 0 atom stereocenters. The molecule has 0 radical (unpaired) electrons. The molecule has 2 aliphatic carbocycles. The van der Waals surface area contributed by atoms with E-state index < -0.39 is 0 Å². The molecule has 1 aromatic rings. The third-order valence-electron chi connectivity index (χ3n) is 4.67. The fourth-order valence-corrected chi connectivity index (χ4v) is 3.35. The molecule has 0 saturated heterocycles.